The maximum atomic E-state index is 11.5. The fourth-order valence-corrected chi connectivity index (χ4v) is 12.9. The van der Waals surface area contributed by atoms with Gasteiger partial charge in [-0.3, -0.25) is 5.01 Å². The second-order valence-electron chi connectivity index (χ2n) is 40.3. The standard InChI is InChI=1S/C16H22N4O.C12H24N2.C12H25N.C12H16.C11H21NO2.C10H14.2C8H17N.2C8H16.C6H14.C6H12/c1-14(2)6-3-4-10-19-21-13-15-7-8-16(17-12-15)20-11-5-9-18-20;1-12(2)8-4-5-9-13-14-10-6-3-7-11-14;1-12(2)8-4-7-11-13-9-5-3-6-10-13;1-11(2)7-6-10-12-8-4-3-5-9-12;1-10(2)6-9-14-11(13)12-7-4-3-5-8-12;1-9(2)8-10-6-4-3-5-7-10;2*1-8(2)6-4-5-7-9-3;2*1-4-5-6-7-8(2)3;2*1-4-5-6(2)3/h5,7-12,14H,3-4,6,13H2,1-2H3;9,12H,3-8,10-11H2,1-2H3;12H,3-11H2,1-2H3;3-6,8-11H,7H2,1-2H3;10H,3-9H2,1-2H3;3-7,9H,8H2,1-2H3;2*7-8H,4-6H2,1-3H3;2*5-6,8H,4,7H2,1-3H3;6H,4-5H2,1-3H3;4,6H,1,5H2,2-3H3/b19-10+;13-9+;;10-6+;;;;;2*6-5+;;. The third-order valence-electron chi connectivity index (χ3n) is 20.5. The summed E-state index contributed by atoms with van der Waals surface area (Å²) in [5.74, 6) is 10.4. The molecule has 0 unspecified atom stereocenters. The third-order valence-corrected chi connectivity index (χ3v) is 20.5. The van der Waals surface area contributed by atoms with Crippen LogP contribution in [0.4, 0.5) is 4.79 Å². The van der Waals surface area contributed by atoms with Gasteiger partial charge in [0.1, 0.15) is 6.61 Å². The van der Waals surface area contributed by atoms with E-state index in [4.69, 9.17) is 9.57 Å². The summed E-state index contributed by atoms with van der Waals surface area (Å²) in [6, 6.07) is 26.8. The van der Waals surface area contributed by atoms with Crippen LogP contribution >= 0.6 is 0 Å². The summed E-state index contributed by atoms with van der Waals surface area (Å²) in [6.07, 6.45) is 71.2. The lowest BCUT2D eigenvalue weighted by atomic mass is 10.0. The van der Waals surface area contributed by atoms with Crippen molar-refractivity contribution in [3.05, 3.63) is 157 Å². The van der Waals surface area contributed by atoms with Crippen LogP contribution < -0.4 is 0 Å². The molecule has 750 valence electrons. The van der Waals surface area contributed by atoms with Gasteiger partial charge >= 0.3 is 6.09 Å². The number of hydrogen-bond acceptors (Lipinski definition) is 11. The Balaban J connectivity index is -0.000000445. The SMILES string of the molecule is C=CCC(C)C.CC(C)C/C=C/c1ccccc1.CC(C)CCC/C=N/N1CCCCC1.CC(C)CCC/C=N/OCc1ccc(-n2cccn2)nc1.CC(C)CCCCN1CCCCC1.CC(C)CCOC(=O)N1CCCCC1.CC(C)Cc1ccccc1.CC/C=C/CC(C)C.CC/C=C/CC(C)C.CCCC(C)C.CN=CCCCC(C)C.CN=CCCCC(C)C. The molecule has 2 aromatic carbocycles. The van der Waals surface area contributed by atoms with Gasteiger partial charge in [0.2, 0.25) is 0 Å². The Hall–Kier alpha value is -6.73. The van der Waals surface area contributed by atoms with Crippen molar-refractivity contribution in [1.82, 2.24) is 29.6 Å². The minimum Gasteiger partial charge on any atom is -0.449 e. The van der Waals surface area contributed by atoms with E-state index in [1.807, 2.05) is 74.2 Å². The topological polar surface area (TPSA) is 125 Å². The number of hydrogen-bond donors (Lipinski definition) is 0. The molecular weight excluding hydrogens is 1590 g/mol. The monoisotopic (exact) mass is 1810 g/mol. The quantitative estimate of drug-likeness (QED) is 0.0187. The highest BCUT2D eigenvalue weighted by atomic mass is 16.6. The van der Waals surface area contributed by atoms with Crippen LogP contribution in [-0.4, -0.2) is 127 Å². The Labute approximate surface area is 808 Å². The number of aliphatic imine (C=N–C) groups is 2. The lowest BCUT2D eigenvalue weighted by molar-refractivity contribution is 0.0914. The third kappa shape index (κ3) is 108. The number of piperidine rings is 3. The number of pyridine rings is 1. The molecule has 0 saturated carbocycles. The summed E-state index contributed by atoms with van der Waals surface area (Å²) in [5.41, 5.74) is 3.72. The first-order valence-electron chi connectivity index (χ1n) is 52.7. The fraction of sp³-hybridized carbons (Fsp3) is 0.718. The van der Waals surface area contributed by atoms with Crippen molar-refractivity contribution in [1.29, 1.82) is 0 Å². The first-order valence-corrected chi connectivity index (χ1v) is 52.7. The molecule has 7 rings (SSSR count). The molecule has 3 saturated heterocycles. The summed E-state index contributed by atoms with van der Waals surface area (Å²) in [7, 11) is 3.66. The average molecular weight is 1810 g/mol. The number of oxime groups is 1. The first-order chi connectivity index (χ1) is 62.2. The number of nitrogens with zero attached hydrogens (tertiary/aromatic N) is 10. The number of allylic oxidation sites excluding steroid dienone is 6. The highest BCUT2D eigenvalue weighted by Gasteiger charge is 2.18. The highest BCUT2D eigenvalue weighted by Crippen LogP contribution is 2.17. The molecule has 2 aromatic heterocycles. The van der Waals surface area contributed by atoms with Crippen LogP contribution in [0.2, 0.25) is 0 Å². The van der Waals surface area contributed by atoms with E-state index >= 15 is 0 Å². The Bertz CT molecular complexity index is 3070. The second kappa shape index (κ2) is 99.7. The lowest BCUT2D eigenvalue weighted by Crippen LogP contribution is -2.36. The number of rotatable bonds is 44. The molecule has 4 aromatic rings. The number of hydrazone groups is 1. The fourth-order valence-electron chi connectivity index (χ4n) is 12.9. The number of benzene rings is 2. The molecule has 0 N–H and O–H groups in total. The molecule has 0 aliphatic carbocycles. The van der Waals surface area contributed by atoms with E-state index in [2.05, 4.69) is 331 Å². The second-order valence-corrected chi connectivity index (χ2v) is 40.3. The van der Waals surface area contributed by atoms with E-state index in [0.717, 1.165) is 154 Å². The summed E-state index contributed by atoms with van der Waals surface area (Å²) < 4.78 is 6.90. The van der Waals surface area contributed by atoms with E-state index in [-0.39, 0.29) is 6.09 Å². The molecule has 3 aliphatic heterocycles. The molecule has 13 heteroatoms. The predicted molar refractivity (Wildman–Crippen MR) is 584 cm³/mol. The van der Waals surface area contributed by atoms with Crippen molar-refractivity contribution in [2.75, 3.05) is 66.5 Å². The van der Waals surface area contributed by atoms with Gasteiger partial charge < -0.3 is 29.4 Å². The Kier molecular flexibility index (Phi) is 101. The highest BCUT2D eigenvalue weighted by molar-refractivity contribution is 5.67. The molecule has 130 heavy (non-hydrogen) atoms. The van der Waals surface area contributed by atoms with Crippen LogP contribution in [0.5, 0.6) is 0 Å². The molecule has 0 radical (unpaired) electrons. The van der Waals surface area contributed by atoms with Gasteiger partial charge in [-0.2, -0.15) is 10.2 Å². The Morgan fingerprint density at radius 2 is 0.869 bits per heavy atom. The Morgan fingerprint density at radius 1 is 0.431 bits per heavy atom. The van der Waals surface area contributed by atoms with Gasteiger partial charge in [0.15, 0.2) is 5.82 Å². The van der Waals surface area contributed by atoms with E-state index in [1.54, 1.807) is 17.1 Å². The smallest absolute Gasteiger partial charge is 0.409 e. The van der Waals surface area contributed by atoms with Crippen LogP contribution in [-0.2, 0) is 22.6 Å². The molecule has 0 atom stereocenters. The number of carbonyl (C=O) groups excluding carboxylic acids is 1. The summed E-state index contributed by atoms with van der Waals surface area (Å²) >= 11 is 0. The zero-order valence-electron chi connectivity index (χ0n) is 90.8. The van der Waals surface area contributed by atoms with E-state index in [9.17, 15) is 4.79 Å². The van der Waals surface area contributed by atoms with E-state index in [1.165, 1.54) is 198 Å². The zero-order chi connectivity index (χ0) is 98.3. The Morgan fingerprint density at radius 3 is 1.26 bits per heavy atom. The molecule has 0 bridgehead atoms. The predicted octanol–water partition coefficient (Wildman–Crippen LogP) is 35.2. The first kappa shape index (κ1) is 132. The molecular formula is C117H214N10O3. The maximum Gasteiger partial charge on any atom is 0.409 e. The van der Waals surface area contributed by atoms with Crippen LogP contribution in [0.3, 0.4) is 0 Å². The van der Waals surface area contributed by atoms with Gasteiger partial charge in [-0.1, -0.05) is 359 Å². The zero-order valence-corrected chi connectivity index (χ0v) is 90.8. The van der Waals surface area contributed by atoms with Gasteiger partial charge in [0.25, 0.3) is 0 Å². The molecule has 5 heterocycles. The molecule has 13 nitrogen and oxygen atoms in total. The molecule has 1 amide bonds. The van der Waals surface area contributed by atoms with Crippen molar-refractivity contribution in [2.45, 2.75) is 412 Å². The van der Waals surface area contributed by atoms with Gasteiger partial charge in [0.05, 0.1) is 6.61 Å². The summed E-state index contributed by atoms with van der Waals surface area (Å²) in [5, 5.41) is 14.8. The van der Waals surface area contributed by atoms with Crippen LogP contribution in [0, 0.1) is 71.0 Å². The normalized spacial score (nSPS) is 13.4. The minimum absolute atomic E-state index is 0.120. The van der Waals surface area contributed by atoms with Gasteiger partial charge in [-0.15, -0.1) is 6.58 Å². The van der Waals surface area contributed by atoms with Crippen molar-refractivity contribution < 1.29 is 14.4 Å². The van der Waals surface area contributed by atoms with Crippen molar-refractivity contribution >= 4 is 37.0 Å². The van der Waals surface area contributed by atoms with E-state index in [0.29, 0.717) is 19.1 Å². The number of amides is 1. The molecule has 3 fully saturated rings. The minimum atomic E-state index is -0.120. The van der Waals surface area contributed by atoms with Crippen LogP contribution in [0.15, 0.2) is 161 Å². The number of aromatic nitrogens is 3. The van der Waals surface area contributed by atoms with Crippen molar-refractivity contribution in [3.8, 4) is 5.82 Å². The van der Waals surface area contributed by atoms with Crippen LogP contribution in [0.25, 0.3) is 11.9 Å². The van der Waals surface area contributed by atoms with Crippen molar-refractivity contribution in [2.24, 2.45) is 91.3 Å². The number of carbonyl (C=O) groups is 1. The average Bonchev–Trinajstić information content (AvgIpc) is 1.66. The molecule has 3 aliphatic rings. The summed E-state index contributed by atoms with van der Waals surface area (Å²) in [6.45, 7) is 73.0. The van der Waals surface area contributed by atoms with E-state index < -0.39 is 0 Å². The lowest BCUT2D eigenvalue weighted by Gasteiger charge is -2.26. The molecule has 0 spiro atoms. The largest absolute Gasteiger partial charge is 0.449 e. The number of ether oxygens (including phenoxy) is 1. The maximum absolute atomic E-state index is 11.5. The van der Waals surface area contributed by atoms with Crippen molar-refractivity contribution in [3.63, 3.8) is 0 Å². The van der Waals surface area contributed by atoms with Gasteiger partial charge in [-0.05, 0) is 287 Å². The number of unbranched alkanes of at least 4 members (excludes halogenated alkanes) is 5. The number of likely N-dealkylation sites (tertiary alicyclic amines) is 2. The summed E-state index contributed by atoms with van der Waals surface area (Å²) in [4.78, 5) is 33.4. The van der Waals surface area contributed by atoms with Crippen LogP contribution in [0.1, 0.15) is 416 Å². The van der Waals surface area contributed by atoms with Gasteiger partial charge in [-0.25, -0.2) is 14.5 Å². The van der Waals surface area contributed by atoms with Gasteiger partial charge in [0, 0.05) is 76.9 Å².